The summed E-state index contributed by atoms with van der Waals surface area (Å²) in [5, 5.41) is 0. The molecule has 0 aliphatic heterocycles. The summed E-state index contributed by atoms with van der Waals surface area (Å²) in [4.78, 5) is 4.37. The Morgan fingerprint density at radius 2 is 2.06 bits per heavy atom. The highest BCUT2D eigenvalue weighted by molar-refractivity contribution is 5.79. The summed E-state index contributed by atoms with van der Waals surface area (Å²) >= 11 is 0. The van der Waals surface area contributed by atoms with Gasteiger partial charge in [-0.1, -0.05) is 20.8 Å². The first-order valence-corrected chi connectivity index (χ1v) is 6.20. The van der Waals surface area contributed by atoms with E-state index in [-0.39, 0.29) is 5.41 Å². The summed E-state index contributed by atoms with van der Waals surface area (Å²) in [5.41, 5.74) is 8.22. The number of hydrogen-bond acceptors (Lipinski definition) is 3. The maximum atomic E-state index is 5.99. The van der Waals surface area contributed by atoms with E-state index < -0.39 is 0 Å². The Kier molecular flexibility index (Phi) is 3.20. The second-order valence-electron chi connectivity index (χ2n) is 5.79. The van der Waals surface area contributed by atoms with Gasteiger partial charge in [-0.05, 0) is 24.0 Å². The molecule has 0 amide bonds. The van der Waals surface area contributed by atoms with E-state index >= 15 is 0 Å². The van der Waals surface area contributed by atoms with Crippen LogP contribution in [0, 0.1) is 5.41 Å². The summed E-state index contributed by atoms with van der Waals surface area (Å²) in [6.07, 6.45) is 1.06. The zero-order chi connectivity index (χ0) is 13.3. The number of benzene rings is 1. The predicted octanol–water partition coefficient (Wildman–Crippen LogP) is 3.06. The third-order valence-corrected chi connectivity index (χ3v) is 3.07. The minimum atomic E-state index is 0.280. The first-order chi connectivity index (χ1) is 8.40. The molecule has 1 aromatic carbocycles. The van der Waals surface area contributed by atoms with Gasteiger partial charge in [-0.15, -0.1) is 0 Å². The van der Waals surface area contributed by atoms with E-state index in [9.17, 15) is 0 Å². The zero-order valence-electron chi connectivity index (χ0n) is 11.5. The molecule has 0 atom stereocenters. The summed E-state index contributed by atoms with van der Waals surface area (Å²) in [7, 11) is 1.67. The van der Waals surface area contributed by atoms with Crippen molar-refractivity contribution in [2.75, 3.05) is 12.8 Å². The van der Waals surface area contributed by atoms with Gasteiger partial charge in [0.05, 0.1) is 18.1 Å². The van der Waals surface area contributed by atoms with Gasteiger partial charge in [0, 0.05) is 12.6 Å². The van der Waals surface area contributed by atoms with Gasteiger partial charge in [0.2, 0.25) is 5.95 Å². The van der Waals surface area contributed by atoms with Crippen LogP contribution in [0.25, 0.3) is 11.0 Å². The first kappa shape index (κ1) is 12.7. The number of nitrogen functional groups attached to an aromatic ring is 1. The van der Waals surface area contributed by atoms with Crippen LogP contribution in [0.5, 0.6) is 5.75 Å². The molecule has 0 spiro atoms. The fourth-order valence-electron chi connectivity index (χ4n) is 1.93. The van der Waals surface area contributed by atoms with Gasteiger partial charge in [0.25, 0.3) is 0 Å². The third kappa shape index (κ3) is 2.58. The van der Waals surface area contributed by atoms with Crippen molar-refractivity contribution in [2.24, 2.45) is 5.41 Å². The molecule has 0 unspecified atom stereocenters. The lowest BCUT2D eigenvalue weighted by molar-refractivity contribution is 0.354. The van der Waals surface area contributed by atoms with Crippen molar-refractivity contribution in [3.05, 3.63) is 18.2 Å². The van der Waals surface area contributed by atoms with E-state index in [4.69, 9.17) is 10.5 Å². The maximum Gasteiger partial charge on any atom is 0.201 e. The van der Waals surface area contributed by atoms with Crippen LogP contribution in [0.3, 0.4) is 0 Å². The number of fused-ring (bicyclic) bond motifs is 1. The Morgan fingerprint density at radius 1 is 1.33 bits per heavy atom. The molecule has 0 saturated carbocycles. The van der Waals surface area contributed by atoms with E-state index in [1.54, 1.807) is 7.11 Å². The summed E-state index contributed by atoms with van der Waals surface area (Å²) < 4.78 is 7.31. The van der Waals surface area contributed by atoms with Crippen molar-refractivity contribution in [2.45, 2.75) is 33.7 Å². The Balaban J connectivity index is 2.39. The lowest BCUT2D eigenvalue weighted by atomic mass is 9.92. The molecule has 18 heavy (non-hydrogen) atoms. The van der Waals surface area contributed by atoms with Gasteiger partial charge < -0.3 is 15.0 Å². The van der Waals surface area contributed by atoms with Gasteiger partial charge in [-0.3, -0.25) is 0 Å². The normalized spacial score (nSPS) is 12.0. The number of anilines is 1. The van der Waals surface area contributed by atoms with Crippen molar-refractivity contribution in [1.82, 2.24) is 9.55 Å². The van der Waals surface area contributed by atoms with Crippen LogP contribution in [-0.2, 0) is 6.54 Å². The van der Waals surface area contributed by atoms with Crippen molar-refractivity contribution in [3.8, 4) is 5.75 Å². The quantitative estimate of drug-likeness (QED) is 0.907. The number of aromatic nitrogens is 2. The minimum absolute atomic E-state index is 0.280. The van der Waals surface area contributed by atoms with Gasteiger partial charge in [-0.2, -0.15) is 0 Å². The highest BCUT2D eigenvalue weighted by atomic mass is 16.5. The number of rotatable bonds is 3. The maximum absolute atomic E-state index is 5.99. The van der Waals surface area contributed by atoms with Crippen LogP contribution < -0.4 is 10.5 Å². The van der Waals surface area contributed by atoms with E-state index in [2.05, 4.69) is 30.3 Å². The standard InChI is InChI=1S/C14H21N3O/c1-14(2,3)7-8-17-12-9-10(18-4)5-6-11(12)16-13(17)15/h5-6,9H,7-8H2,1-4H3,(H2,15,16). The van der Waals surface area contributed by atoms with E-state index in [0.29, 0.717) is 5.95 Å². The Hall–Kier alpha value is -1.71. The second-order valence-corrected chi connectivity index (χ2v) is 5.79. The van der Waals surface area contributed by atoms with Gasteiger partial charge in [0.15, 0.2) is 0 Å². The molecular formula is C14H21N3O. The van der Waals surface area contributed by atoms with Crippen LogP contribution in [0.4, 0.5) is 5.95 Å². The van der Waals surface area contributed by atoms with Crippen LogP contribution in [0.15, 0.2) is 18.2 Å². The number of imidazole rings is 1. The predicted molar refractivity (Wildman–Crippen MR) is 74.8 cm³/mol. The van der Waals surface area contributed by atoms with Crippen LogP contribution in [0.2, 0.25) is 0 Å². The number of nitrogens with zero attached hydrogens (tertiary/aromatic N) is 2. The molecule has 4 nitrogen and oxygen atoms in total. The summed E-state index contributed by atoms with van der Waals surface area (Å²) in [6, 6.07) is 5.84. The highest BCUT2D eigenvalue weighted by Crippen LogP contribution is 2.26. The molecule has 2 rings (SSSR count). The monoisotopic (exact) mass is 247 g/mol. The number of ether oxygens (including phenoxy) is 1. The fraction of sp³-hybridized carbons (Fsp3) is 0.500. The molecule has 0 radical (unpaired) electrons. The highest BCUT2D eigenvalue weighted by Gasteiger charge is 2.14. The van der Waals surface area contributed by atoms with Gasteiger partial charge in [-0.25, -0.2) is 4.98 Å². The lowest BCUT2D eigenvalue weighted by Crippen LogP contribution is -2.12. The van der Waals surface area contributed by atoms with Crippen LogP contribution >= 0.6 is 0 Å². The Morgan fingerprint density at radius 3 is 2.67 bits per heavy atom. The number of methoxy groups -OCH3 is 1. The number of aryl methyl sites for hydroxylation is 1. The van der Waals surface area contributed by atoms with Crippen molar-refractivity contribution in [3.63, 3.8) is 0 Å². The molecule has 0 aliphatic carbocycles. The average Bonchev–Trinajstić information content (AvgIpc) is 2.60. The molecule has 1 aromatic heterocycles. The summed E-state index contributed by atoms with van der Waals surface area (Å²) in [5.74, 6) is 1.40. The topological polar surface area (TPSA) is 53.1 Å². The number of nitrogens with two attached hydrogens (primary N) is 1. The fourth-order valence-corrected chi connectivity index (χ4v) is 1.93. The summed E-state index contributed by atoms with van der Waals surface area (Å²) in [6.45, 7) is 7.55. The Labute approximate surface area is 108 Å². The first-order valence-electron chi connectivity index (χ1n) is 6.20. The molecule has 2 N–H and O–H groups in total. The molecule has 1 heterocycles. The molecule has 0 aliphatic rings. The van der Waals surface area contributed by atoms with Crippen molar-refractivity contribution < 1.29 is 4.74 Å². The largest absolute Gasteiger partial charge is 0.497 e. The van der Waals surface area contributed by atoms with Crippen LogP contribution in [-0.4, -0.2) is 16.7 Å². The Bertz CT molecular complexity index is 552. The number of hydrogen-bond donors (Lipinski definition) is 1. The van der Waals surface area contributed by atoms with Gasteiger partial charge >= 0.3 is 0 Å². The van der Waals surface area contributed by atoms with E-state index in [0.717, 1.165) is 29.7 Å². The molecule has 4 heteroatoms. The smallest absolute Gasteiger partial charge is 0.201 e. The van der Waals surface area contributed by atoms with Gasteiger partial charge in [0.1, 0.15) is 5.75 Å². The minimum Gasteiger partial charge on any atom is -0.497 e. The molecule has 0 saturated heterocycles. The van der Waals surface area contributed by atoms with E-state index in [1.165, 1.54) is 0 Å². The molecular weight excluding hydrogens is 226 g/mol. The molecule has 98 valence electrons. The zero-order valence-corrected chi connectivity index (χ0v) is 11.5. The van der Waals surface area contributed by atoms with Crippen molar-refractivity contribution in [1.29, 1.82) is 0 Å². The third-order valence-electron chi connectivity index (χ3n) is 3.07. The molecule has 0 bridgehead atoms. The van der Waals surface area contributed by atoms with Crippen LogP contribution in [0.1, 0.15) is 27.2 Å². The van der Waals surface area contributed by atoms with Crippen molar-refractivity contribution >= 4 is 17.0 Å². The SMILES string of the molecule is COc1ccc2nc(N)n(CCC(C)(C)C)c2c1. The lowest BCUT2D eigenvalue weighted by Gasteiger charge is -2.18. The molecule has 2 aromatic rings. The van der Waals surface area contributed by atoms with E-state index in [1.807, 2.05) is 18.2 Å². The molecule has 0 fully saturated rings. The average molecular weight is 247 g/mol. The second kappa shape index (κ2) is 4.52.